The van der Waals surface area contributed by atoms with E-state index in [9.17, 15) is 19.8 Å². The molecule has 1 saturated carbocycles. The Kier molecular flexibility index (Phi) is 5.33. The Bertz CT molecular complexity index is 1110. The summed E-state index contributed by atoms with van der Waals surface area (Å²) in [6, 6.07) is -0.000554. The molecule has 0 radical (unpaired) electrons. The first-order valence-electron chi connectivity index (χ1n) is 10.6. The summed E-state index contributed by atoms with van der Waals surface area (Å²) in [7, 11) is 1.40. The molecule has 31 heavy (non-hydrogen) atoms. The number of aromatic carboxylic acids is 1. The van der Waals surface area contributed by atoms with Gasteiger partial charge in [-0.3, -0.25) is 4.79 Å². The quantitative estimate of drug-likeness (QED) is 0.620. The number of nitrogen functional groups attached to an aromatic ring is 1. The van der Waals surface area contributed by atoms with Gasteiger partial charge in [0.2, 0.25) is 5.43 Å². The number of carbonyl (C=O) groups is 1. The highest BCUT2D eigenvalue weighted by Gasteiger charge is 2.36. The van der Waals surface area contributed by atoms with Crippen molar-refractivity contribution in [2.45, 2.75) is 45.3 Å². The second-order valence-corrected chi connectivity index (χ2v) is 8.86. The number of pyridine rings is 1. The molecule has 1 saturated heterocycles. The van der Waals surface area contributed by atoms with Gasteiger partial charge in [0.05, 0.1) is 29.8 Å². The predicted molar refractivity (Wildman–Crippen MR) is 116 cm³/mol. The van der Waals surface area contributed by atoms with Crippen molar-refractivity contribution in [3.63, 3.8) is 0 Å². The molecule has 1 aromatic heterocycles. The molecule has 9 heteroatoms. The summed E-state index contributed by atoms with van der Waals surface area (Å²) in [6.07, 6.45) is 2.93. The number of carboxylic acid groups (broad SMARTS) is 1. The Morgan fingerprint density at radius 3 is 2.55 bits per heavy atom. The van der Waals surface area contributed by atoms with Crippen LogP contribution in [0.4, 0.5) is 15.8 Å². The number of carboxylic acids is 1. The number of fused-ring (bicyclic) bond motifs is 1. The van der Waals surface area contributed by atoms with Gasteiger partial charge in [0, 0.05) is 31.2 Å². The first kappa shape index (κ1) is 21.4. The van der Waals surface area contributed by atoms with Crippen LogP contribution in [0, 0.1) is 17.7 Å². The molecule has 2 atom stereocenters. The van der Waals surface area contributed by atoms with Crippen LogP contribution in [-0.4, -0.2) is 47.1 Å². The second-order valence-electron chi connectivity index (χ2n) is 8.86. The predicted octanol–water partition coefficient (Wildman–Crippen LogP) is 2.61. The van der Waals surface area contributed by atoms with Gasteiger partial charge < -0.3 is 30.2 Å². The summed E-state index contributed by atoms with van der Waals surface area (Å²) in [5, 5.41) is 19.7. The van der Waals surface area contributed by atoms with E-state index < -0.39 is 28.9 Å². The average molecular weight is 433 g/mol. The van der Waals surface area contributed by atoms with Crippen molar-refractivity contribution in [1.82, 2.24) is 4.57 Å². The number of methoxy groups -OCH3 is 1. The van der Waals surface area contributed by atoms with Crippen LogP contribution in [0.5, 0.6) is 5.75 Å². The monoisotopic (exact) mass is 433 g/mol. The summed E-state index contributed by atoms with van der Waals surface area (Å²) < 4.78 is 23.0. The smallest absolute Gasteiger partial charge is 0.341 e. The Labute approximate surface area is 179 Å². The Hall–Kier alpha value is -2.81. The van der Waals surface area contributed by atoms with Crippen LogP contribution in [0.15, 0.2) is 11.0 Å². The molecule has 0 amide bonds. The lowest BCUT2D eigenvalue weighted by molar-refractivity contribution is 0.0635. The van der Waals surface area contributed by atoms with Crippen LogP contribution in [0.3, 0.4) is 0 Å². The van der Waals surface area contributed by atoms with Gasteiger partial charge >= 0.3 is 5.97 Å². The zero-order chi connectivity index (χ0) is 22.6. The fraction of sp³-hybridized carbons (Fsp3) is 0.545. The Morgan fingerprint density at radius 2 is 2.00 bits per heavy atom. The van der Waals surface area contributed by atoms with E-state index in [1.165, 1.54) is 13.3 Å². The molecule has 2 fully saturated rings. The van der Waals surface area contributed by atoms with E-state index in [0.717, 1.165) is 12.8 Å². The number of rotatable bonds is 5. The minimum atomic E-state index is -1.38. The van der Waals surface area contributed by atoms with Gasteiger partial charge in [0.25, 0.3) is 0 Å². The summed E-state index contributed by atoms with van der Waals surface area (Å²) >= 11 is 0. The molecule has 1 aliphatic heterocycles. The van der Waals surface area contributed by atoms with E-state index in [1.54, 1.807) is 4.57 Å². The van der Waals surface area contributed by atoms with Crippen LogP contribution in [0.1, 0.15) is 49.5 Å². The Morgan fingerprint density at radius 1 is 1.32 bits per heavy atom. The van der Waals surface area contributed by atoms with Crippen LogP contribution in [0.2, 0.25) is 0 Å². The van der Waals surface area contributed by atoms with Gasteiger partial charge in [-0.15, -0.1) is 0 Å². The standard InChI is InChI=1S/C22H28FN3O5/c1-10(2)12-8-25(7-6-14(12)27)19-16(23)17(24)15-18(21(19)31-3)26(11-4-5-11)9-13(20(15)28)22(29)30/h9-12,14,27H,4-8,24H2,1-3H3,(H,29,30). The minimum Gasteiger partial charge on any atom is -0.492 e. The zero-order valence-corrected chi connectivity index (χ0v) is 17.9. The van der Waals surface area contributed by atoms with Crippen molar-refractivity contribution in [3.8, 4) is 5.75 Å². The van der Waals surface area contributed by atoms with Crippen molar-refractivity contribution in [3.05, 3.63) is 27.8 Å². The molecule has 4 rings (SSSR count). The van der Waals surface area contributed by atoms with Gasteiger partial charge in [0.1, 0.15) is 11.3 Å². The van der Waals surface area contributed by atoms with Crippen LogP contribution >= 0.6 is 0 Å². The topological polar surface area (TPSA) is 118 Å². The number of hydrogen-bond acceptors (Lipinski definition) is 6. The lowest BCUT2D eigenvalue weighted by Crippen LogP contribution is -2.45. The lowest BCUT2D eigenvalue weighted by atomic mass is 9.85. The number of aliphatic hydroxyl groups excluding tert-OH is 1. The molecule has 1 aromatic carbocycles. The number of aromatic nitrogens is 1. The number of halogens is 1. The number of anilines is 2. The van der Waals surface area contributed by atoms with E-state index in [-0.39, 0.29) is 40.4 Å². The fourth-order valence-electron chi connectivity index (χ4n) is 4.66. The Balaban J connectivity index is 2.01. The van der Waals surface area contributed by atoms with Crippen molar-refractivity contribution >= 4 is 28.2 Å². The average Bonchev–Trinajstić information content (AvgIpc) is 3.55. The van der Waals surface area contributed by atoms with Crippen molar-refractivity contribution < 1.29 is 24.1 Å². The molecule has 0 spiro atoms. The molecule has 8 nitrogen and oxygen atoms in total. The number of aliphatic hydroxyl groups is 1. The lowest BCUT2D eigenvalue weighted by Gasteiger charge is -2.40. The van der Waals surface area contributed by atoms with Gasteiger partial charge in [-0.1, -0.05) is 13.8 Å². The maximum atomic E-state index is 15.6. The zero-order valence-electron chi connectivity index (χ0n) is 17.9. The third-order valence-electron chi connectivity index (χ3n) is 6.55. The van der Waals surface area contributed by atoms with Gasteiger partial charge in [-0.2, -0.15) is 0 Å². The number of piperidine rings is 1. The molecular formula is C22H28FN3O5. The number of nitrogens with two attached hydrogens (primary N) is 1. The first-order valence-corrected chi connectivity index (χ1v) is 10.6. The maximum Gasteiger partial charge on any atom is 0.341 e. The van der Waals surface area contributed by atoms with Gasteiger partial charge in [0.15, 0.2) is 11.6 Å². The maximum absolute atomic E-state index is 15.6. The van der Waals surface area contributed by atoms with E-state index in [4.69, 9.17) is 10.5 Å². The molecule has 0 bridgehead atoms. The molecule has 168 valence electrons. The van der Waals surface area contributed by atoms with E-state index in [2.05, 4.69) is 0 Å². The highest BCUT2D eigenvalue weighted by atomic mass is 19.1. The molecule has 2 unspecified atom stereocenters. The largest absolute Gasteiger partial charge is 0.492 e. The highest BCUT2D eigenvalue weighted by molar-refractivity contribution is 6.03. The number of nitrogens with zero attached hydrogens (tertiary/aromatic N) is 2. The summed E-state index contributed by atoms with van der Waals surface area (Å²) in [5.74, 6) is -1.89. The van der Waals surface area contributed by atoms with Crippen LogP contribution in [-0.2, 0) is 0 Å². The minimum absolute atomic E-state index is 0.000554. The van der Waals surface area contributed by atoms with E-state index >= 15 is 4.39 Å². The summed E-state index contributed by atoms with van der Waals surface area (Å²) in [6.45, 7) is 4.84. The second kappa shape index (κ2) is 7.71. The molecule has 2 heterocycles. The molecule has 2 aliphatic rings. The summed E-state index contributed by atoms with van der Waals surface area (Å²) in [4.78, 5) is 26.4. The molecular weight excluding hydrogens is 405 g/mol. The van der Waals surface area contributed by atoms with Crippen molar-refractivity contribution in [2.75, 3.05) is 30.8 Å². The van der Waals surface area contributed by atoms with Crippen LogP contribution in [0.25, 0.3) is 10.9 Å². The number of hydrogen-bond donors (Lipinski definition) is 3. The number of ether oxygens (including phenoxy) is 1. The first-order chi connectivity index (χ1) is 14.7. The normalized spacial score (nSPS) is 21.7. The van der Waals surface area contributed by atoms with Crippen molar-refractivity contribution in [1.29, 1.82) is 0 Å². The van der Waals surface area contributed by atoms with Gasteiger partial charge in [-0.25, -0.2) is 9.18 Å². The van der Waals surface area contributed by atoms with Crippen molar-refractivity contribution in [2.24, 2.45) is 11.8 Å². The molecule has 1 aliphatic carbocycles. The van der Waals surface area contributed by atoms with E-state index in [0.29, 0.717) is 25.0 Å². The third kappa shape index (κ3) is 3.40. The van der Waals surface area contributed by atoms with E-state index in [1.807, 2.05) is 18.7 Å². The van der Waals surface area contributed by atoms with Crippen LogP contribution < -0.4 is 20.8 Å². The molecule has 4 N–H and O–H groups in total. The SMILES string of the molecule is COc1c(N2CCC(O)C(C(C)C)C2)c(F)c(N)c2c(=O)c(C(=O)O)cn(C3CC3)c12. The number of benzene rings is 1. The summed E-state index contributed by atoms with van der Waals surface area (Å²) in [5.41, 5.74) is 4.95. The highest BCUT2D eigenvalue weighted by Crippen LogP contribution is 2.46. The fourth-order valence-corrected chi connectivity index (χ4v) is 4.66. The van der Waals surface area contributed by atoms with Gasteiger partial charge in [-0.05, 0) is 25.2 Å². The third-order valence-corrected chi connectivity index (χ3v) is 6.55. The molecule has 2 aromatic rings.